The van der Waals surface area contributed by atoms with Crippen LogP contribution in [0.4, 0.5) is 10.5 Å². The molecule has 1 amide bonds. The van der Waals surface area contributed by atoms with Crippen molar-refractivity contribution in [1.29, 1.82) is 0 Å². The zero-order valence-corrected chi connectivity index (χ0v) is 13.2. The number of amides is 1. The average molecular weight is 306 g/mol. The third-order valence-corrected chi connectivity index (χ3v) is 3.70. The number of nitro groups is 1. The van der Waals surface area contributed by atoms with Gasteiger partial charge in [-0.2, -0.15) is 0 Å². The fraction of sp³-hybridized carbons (Fsp3) is 0.562. The molecule has 0 aliphatic carbocycles. The highest BCUT2D eigenvalue weighted by Crippen LogP contribution is 2.30. The monoisotopic (exact) mass is 306 g/mol. The van der Waals surface area contributed by atoms with Crippen LogP contribution >= 0.6 is 0 Å². The molecule has 0 unspecified atom stereocenters. The molecule has 0 N–H and O–H groups in total. The van der Waals surface area contributed by atoms with Gasteiger partial charge >= 0.3 is 6.09 Å². The van der Waals surface area contributed by atoms with Crippen molar-refractivity contribution >= 4 is 11.8 Å². The number of carbonyl (C=O) groups is 1. The highest BCUT2D eigenvalue weighted by molar-refractivity contribution is 5.68. The van der Waals surface area contributed by atoms with E-state index in [1.54, 1.807) is 17.0 Å². The molecular weight excluding hydrogens is 284 g/mol. The molecule has 1 aliphatic heterocycles. The van der Waals surface area contributed by atoms with Gasteiger partial charge in [-0.05, 0) is 45.1 Å². The Hall–Kier alpha value is -2.11. The SMILES string of the molecule is CC(C)(C)OC(=O)N1CCC(c2cccc([N+](=O)[O-])c2)CC1. The molecule has 1 saturated heterocycles. The number of piperidine rings is 1. The molecule has 1 fully saturated rings. The first kappa shape index (κ1) is 16.3. The van der Waals surface area contributed by atoms with Crippen molar-refractivity contribution in [1.82, 2.24) is 4.90 Å². The third-order valence-electron chi connectivity index (χ3n) is 3.70. The molecule has 120 valence electrons. The van der Waals surface area contributed by atoms with Crippen LogP contribution in [0.5, 0.6) is 0 Å². The molecule has 0 radical (unpaired) electrons. The summed E-state index contributed by atoms with van der Waals surface area (Å²) in [4.78, 5) is 24.2. The normalized spacial score (nSPS) is 16.4. The van der Waals surface area contributed by atoms with Gasteiger partial charge in [0.15, 0.2) is 0 Å². The molecule has 0 atom stereocenters. The summed E-state index contributed by atoms with van der Waals surface area (Å²) in [6.07, 6.45) is 1.30. The van der Waals surface area contributed by atoms with Gasteiger partial charge in [0.2, 0.25) is 0 Å². The molecule has 6 heteroatoms. The maximum absolute atomic E-state index is 12.0. The lowest BCUT2D eigenvalue weighted by molar-refractivity contribution is -0.384. The van der Waals surface area contributed by atoms with Crippen LogP contribution in [0, 0.1) is 10.1 Å². The van der Waals surface area contributed by atoms with Gasteiger partial charge in [0, 0.05) is 25.2 Å². The number of non-ortho nitro benzene ring substituents is 1. The quantitative estimate of drug-likeness (QED) is 0.616. The second-order valence-corrected chi connectivity index (χ2v) is 6.59. The van der Waals surface area contributed by atoms with E-state index in [1.807, 2.05) is 26.8 Å². The van der Waals surface area contributed by atoms with E-state index in [0.717, 1.165) is 18.4 Å². The first-order valence-corrected chi connectivity index (χ1v) is 7.48. The maximum atomic E-state index is 12.0. The number of hydrogen-bond donors (Lipinski definition) is 0. The molecule has 1 heterocycles. The molecule has 22 heavy (non-hydrogen) atoms. The van der Waals surface area contributed by atoms with Crippen LogP contribution in [-0.2, 0) is 4.74 Å². The Bertz CT molecular complexity index is 558. The van der Waals surface area contributed by atoms with Crippen LogP contribution < -0.4 is 0 Å². The molecule has 0 bridgehead atoms. The summed E-state index contributed by atoms with van der Waals surface area (Å²) >= 11 is 0. The molecule has 6 nitrogen and oxygen atoms in total. The number of benzene rings is 1. The van der Waals surface area contributed by atoms with E-state index in [0.29, 0.717) is 13.1 Å². The van der Waals surface area contributed by atoms with Gasteiger partial charge < -0.3 is 9.64 Å². The number of likely N-dealkylation sites (tertiary alicyclic amines) is 1. The van der Waals surface area contributed by atoms with E-state index in [2.05, 4.69) is 0 Å². The Morgan fingerprint density at radius 3 is 2.50 bits per heavy atom. The minimum atomic E-state index is -0.492. The van der Waals surface area contributed by atoms with Crippen LogP contribution in [0.1, 0.15) is 45.1 Å². The van der Waals surface area contributed by atoms with E-state index >= 15 is 0 Å². The zero-order chi connectivity index (χ0) is 16.3. The minimum Gasteiger partial charge on any atom is -0.444 e. The molecule has 1 aromatic rings. The second-order valence-electron chi connectivity index (χ2n) is 6.59. The lowest BCUT2D eigenvalue weighted by Crippen LogP contribution is -2.41. The molecular formula is C16H22N2O4. The third kappa shape index (κ3) is 4.19. The lowest BCUT2D eigenvalue weighted by Gasteiger charge is -2.33. The van der Waals surface area contributed by atoms with E-state index < -0.39 is 5.60 Å². The van der Waals surface area contributed by atoms with Crippen LogP contribution in [0.15, 0.2) is 24.3 Å². The van der Waals surface area contributed by atoms with E-state index in [9.17, 15) is 14.9 Å². The van der Waals surface area contributed by atoms with Crippen LogP contribution in [0.2, 0.25) is 0 Å². The fourth-order valence-corrected chi connectivity index (χ4v) is 2.61. The Balaban J connectivity index is 1.96. The van der Waals surface area contributed by atoms with E-state index in [1.165, 1.54) is 6.07 Å². The molecule has 0 spiro atoms. The summed E-state index contributed by atoms with van der Waals surface area (Å²) in [6.45, 7) is 6.77. The van der Waals surface area contributed by atoms with Crippen molar-refractivity contribution in [3.05, 3.63) is 39.9 Å². The Kier molecular flexibility index (Phi) is 4.68. The second kappa shape index (κ2) is 6.34. The first-order chi connectivity index (χ1) is 10.3. The smallest absolute Gasteiger partial charge is 0.410 e. The van der Waals surface area contributed by atoms with Gasteiger partial charge in [-0.15, -0.1) is 0 Å². The molecule has 0 aromatic heterocycles. The number of carbonyl (C=O) groups excluding carboxylic acids is 1. The summed E-state index contributed by atoms with van der Waals surface area (Å²) in [6, 6.07) is 6.77. The number of ether oxygens (including phenoxy) is 1. The first-order valence-electron chi connectivity index (χ1n) is 7.48. The Labute approximate surface area is 130 Å². The Morgan fingerprint density at radius 1 is 1.32 bits per heavy atom. The lowest BCUT2D eigenvalue weighted by atomic mass is 9.89. The van der Waals surface area contributed by atoms with Crippen molar-refractivity contribution in [3.63, 3.8) is 0 Å². The summed E-state index contributed by atoms with van der Waals surface area (Å²) in [5.74, 6) is 0.249. The number of nitrogens with zero attached hydrogens (tertiary/aromatic N) is 2. The van der Waals surface area contributed by atoms with Gasteiger partial charge in [-0.1, -0.05) is 12.1 Å². The molecule has 2 rings (SSSR count). The standard InChI is InChI=1S/C16H22N2O4/c1-16(2,3)22-15(19)17-9-7-12(8-10-17)13-5-4-6-14(11-13)18(20)21/h4-6,11-12H,7-10H2,1-3H3. The van der Waals surface area contributed by atoms with Gasteiger partial charge in [-0.3, -0.25) is 10.1 Å². The summed E-state index contributed by atoms with van der Waals surface area (Å²) < 4.78 is 5.37. The van der Waals surface area contributed by atoms with Crippen LogP contribution in [0.25, 0.3) is 0 Å². The highest BCUT2D eigenvalue weighted by atomic mass is 16.6. The topological polar surface area (TPSA) is 72.7 Å². The average Bonchev–Trinajstić information content (AvgIpc) is 2.46. The van der Waals surface area contributed by atoms with E-state index in [4.69, 9.17) is 4.74 Å². The fourth-order valence-electron chi connectivity index (χ4n) is 2.61. The van der Waals surface area contributed by atoms with Gasteiger partial charge in [0.1, 0.15) is 5.60 Å². The maximum Gasteiger partial charge on any atom is 0.410 e. The number of hydrogen-bond acceptors (Lipinski definition) is 4. The summed E-state index contributed by atoms with van der Waals surface area (Å²) in [7, 11) is 0. The molecule has 0 saturated carbocycles. The van der Waals surface area contributed by atoms with Gasteiger partial charge in [0.25, 0.3) is 5.69 Å². The highest BCUT2D eigenvalue weighted by Gasteiger charge is 2.27. The Morgan fingerprint density at radius 2 is 1.95 bits per heavy atom. The van der Waals surface area contributed by atoms with E-state index in [-0.39, 0.29) is 22.6 Å². The molecule has 1 aliphatic rings. The van der Waals surface area contributed by atoms with Crippen molar-refractivity contribution in [2.75, 3.05) is 13.1 Å². The van der Waals surface area contributed by atoms with Crippen molar-refractivity contribution in [2.24, 2.45) is 0 Å². The number of nitro benzene ring substituents is 1. The summed E-state index contributed by atoms with van der Waals surface area (Å²) in [5.41, 5.74) is 0.596. The predicted molar refractivity (Wildman–Crippen MR) is 82.9 cm³/mol. The van der Waals surface area contributed by atoms with Crippen molar-refractivity contribution in [2.45, 2.75) is 45.1 Å². The van der Waals surface area contributed by atoms with Gasteiger partial charge in [0.05, 0.1) is 4.92 Å². The van der Waals surface area contributed by atoms with Crippen LogP contribution in [0.3, 0.4) is 0 Å². The minimum absolute atomic E-state index is 0.118. The van der Waals surface area contributed by atoms with Crippen LogP contribution in [-0.4, -0.2) is 34.6 Å². The zero-order valence-electron chi connectivity index (χ0n) is 13.2. The molecule has 1 aromatic carbocycles. The van der Waals surface area contributed by atoms with Crippen molar-refractivity contribution < 1.29 is 14.5 Å². The predicted octanol–water partition coefficient (Wildman–Crippen LogP) is 3.71. The largest absolute Gasteiger partial charge is 0.444 e. The number of rotatable bonds is 2. The van der Waals surface area contributed by atoms with Gasteiger partial charge in [-0.25, -0.2) is 4.79 Å². The van der Waals surface area contributed by atoms with Crippen molar-refractivity contribution in [3.8, 4) is 0 Å². The summed E-state index contributed by atoms with van der Waals surface area (Å²) in [5, 5.41) is 10.8.